The van der Waals surface area contributed by atoms with E-state index in [0.29, 0.717) is 24.0 Å². The first-order valence-corrected chi connectivity index (χ1v) is 9.23. The molecule has 0 bridgehead atoms. The third-order valence-corrected chi connectivity index (χ3v) is 4.81. The molecule has 0 saturated heterocycles. The third kappa shape index (κ3) is 5.31. The Labute approximate surface area is 166 Å². The van der Waals surface area contributed by atoms with Crippen LogP contribution < -0.4 is 0 Å². The molecule has 2 rings (SSSR count). The molecular weight excluding hydrogens is 352 g/mol. The zero-order valence-corrected chi connectivity index (χ0v) is 16.6. The lowest BCUT2D eigenvalue weighted by Gasteiger charge is -2.24. The number of aliphatic hydroxyl groups is 1. The van der Waals surface area contributed by atoms with E-state index in [1.807, 2.05) is 60.7 Å². The molecule has 0 heterocycles. The van der Waals surface area contributed by atoms with Crippen LogP contribution in [0.1, 0.15) is 44.2 Å². The standard InChI is InChI=1S/C24H26O4/c1-23(2,21(25)18-22(26)28-3)16-10-11-17-24(27,19-12-6-4-7-13-19)20-14-8-5-9-15-20/h4-9,12-15,27H,10,16,18H2,1-3H3. The lowest BCUT2D eigenvalue weighted by molar-refractivity contribution is -0.145. The second-order valence-corrected chi connectivity index (χ2v) is 7.30. The lowest BCUT2D eigenvalue weighted by atomic mass is 9.81. The number of hydrogen-bond acceptors (Lipinski definition) is 4. The van der Waals surface area contributed by atoms with E-state index in [2.05, 4.69) is 16.6 Å². The van der Waals surface area contributed by atoms with Gasteiger partial charge in [0.05, 0.1) is 7.11 Å². The van der Waals surface area contributed by atoms with Crippen molar-refractivity contribution in [2.75, 3.05) is 7.11 Å². The number of ketones is 1. The minimum absolute atomic E-state index is 0.178. The van der Waals surface area contributed by atoms with Gasteiger partial charge in [-0.1, -0.05) is 86.4 Å². The summed E-state index contributed by atoms with van der Waals surface area (Å²) in [4.78, 5) is 23.6. The number of carbonyl (C=O) groups is 2. The molecule has 28 heavy (non-hydrogen) atoms. The van der Waals surface area contributed by atoms with Crippen molar-refractivity contribution in [3.8, 4) is 11.8 Å². The molecule has 0 atom stereocenters. The lowest BCUT2D eigenvalue weighted by Crippen LogP contribution is -2.27. The van der Waals surface area contributed by atoms with E-state index in [1.165, 1.54) is 7.11 Å². The van der Waals surface area contributed by atoms with E-state index in [1.54, 1.807) is 13.8 Å². The molecule has 4 heteroatoms. The average Bonchev–Trinajstić information content (AvgIpc) is 2.72. The first-order chi connectivity index (χ1) is 13.3. The number of rotatable bonds is 7. The molecule has 146 valence electrons. The SMILES string of the molecule is COC(=O)CC(=O)C(C)(C)CCC#CC(O)(c1ccccc1)c1ccccc1. The first kappa shape index (κ1) is 21.4. The molecule has 0 aliphatic carbocycles. The smallest absolute Gasteiger partial charge is 0.313 e. The number of esters is 1. The Morgan fingerprint density at radius 2 is 1.46 bits per heavy atom. The fourth-order valence-corrected chi connectivity index (χ4v) is 2.82. The molecule has 0 unspecified atom stereocenters. The highest BCUT2D eigenvalue weighted by Gasteiger charge is 2.30. The molecule has 0 fully saturated rings. The maximum atomic E-state index is 12.3. The van der Waals surface area contributed by atoms with Crippen LogP contribution in [0, 0.1) is 17.3 Å². The number of Topliss-reactive ketones (excluding diaryl/α,β-unsaturated/α-hetero) is 1. The van der Waals surface area contributed by atoms with Gasteiger partial charge >= 0.3 is 5.97 Å². The van der Waals surface area contributed by atoms with Crippen LogP contribution in [0.3, 0.4) is 0 Å². The zero-order valence-electron chi connectivity index (χ0n) is 16.6. The van der Waals surface area contributed by atoms with Gasteiger partial charge in [0.1, 0.15) is 12.2 Å². The summed E-state index contributed by atoms with van der Waals surface area (Å²) in [6, 6.07) is 18.6. The van der Waals surface area contributed by atoms with Crippen LogP contribution in [0.15, 0.2) is 60.7 Å². The predicted molar refractivity (Wildman–Crippen MR) is 108 cm³/mol. The van der Waals surface area contributed by atoms with Gasteiger partial charge in [-0.25, -0.2) is 0 Å². The maximum Gasteiger partial charge on any atom is 0.313 e. The summed E-state index contributed by atoms with van der Waals surface area (Å²) < 4.78 is 4.56. The normalized spacial score (nSPS) is 11.3. The molecular formula is C24H26O4. The molecule has 4 nitrogen and oxygen atoms in total. The van der Waals surface area contributed by atoms with Gasteiger partial charge in [0.2, 0.25) is 0 Å². The third-order valence-electron chi connectivity index (χ3n) is 4.81. The largest absolute Gasteiger partial charge is 0.469 e. The van der Waals surface area contributed by atoms with Crippen molar-refractivity contribution in [1.29, 1.82) is 0 Å². The van der Waals surface area contributed by atoms with Crippen molar-refractivity contribution >= 4 is 11.8 Å². The Bertz CT molecular complexity index is 818. The summed E-state index contributed by atoms with van der Waals surface area (Å²) in [6.45, 7) is 3.58. The Morgan fingerprint density at radius 3 is 1.93 bits per heavy atom. The maximum absolute atomic E-state index is 12.3. The van der Waals surface area contributed by atoms with Crippen molar-refractivity contribution < 1.29 is 19.4 Å². The monoisotopic (exact) mass is 378 g/mol. The Hall–Kier alpha value is -2.90. The van der Waals surface area contributed by atoms with E-state index in [0.717, 1.165) is 0 Å². The van der Waals surface area contributed by atoms with Crippen molar-refractivity contribution in [3.05, 3.63) is 71.8 Å². The minimum atomic E-state index is -1.43. The van der Waals surface area contributed by atoms with Crippen molar-refractivity contribution in [3.63, 3.8) is 0 Å². The number of hydrogen-bond donors (Lipinski definition) is 1. The Morgan fingerprint density at radius 1 is 0.964 bits per heavy atom. The van der Waals surface area contributed by atoms with Gasteiger partial charge < -0.3 is 9.84 Å². The van der Waals surface area contributed by atoms with Crippen molar-refractivity contribution in [1.82, 2.24) is 0 Å². The van der Waals surface area contributed by atoms with Gasteiger partial charge in [0.25, 0.3) is 0 Å². The molecule has 0 saturated carbocycles. The molecule has 0 spiro atoms. The second-order valence-electron chi connectivity index (χ2n) is 7.30. The molecule has 2 aromatic rings. The quantitative estimate of drug-likeness (QED) is 0.451. The number of benzene rings is 2. The van der Waals surface area contributed by atoms with Crippen LogP contribution in [0.4, 0.5) is 0 Å². The van der Waals surface area contributed by atoms with E-state index >= 15 is 0 Å². The Balaban J connectivity index is 2.18. The average molecular weight is 378 g/mol. The second kappa shape index (κ2) is 9.34. The van der Waals surface area contributed by atoms with Crippen LogP contribution >= 0.6 is 0 Å². The van der Waals surface area contributed by atoms with Crippen LogP contribution in [0.2, 0.25) is 0 Å². The van der Waals surface area contributed by atoms with Crippen LogP contribution in [0.25, 0.3) is 0 Å². The van der Waals surface area contributed by atoms with Crippen LogP contribution in [0.5, 0.6) is 0 Å². The number of ether oxygens (including phenoxy) is 1. The zero-order chi connectivity index (χ0) is 20.6. The first-order valence-electron chi connectivity index (χ1n) is 9.23. The fourth-order valence-electron chi connectivity index (χ4n) is 2.82. The summed E-state index contributed by atoms with van der Waals surface area (Å²) in [5, 5.41) is 11.3. The molecule has 0 aromatic heterocycles. The number of methoxy groups -OCH3 is 1. The van der Waals surface area contributed by atoms with Gasteiger partial charge in [0.15, 0.2) is 5.60 Å². The summed E-state index contributed by atoms with van der Waals surface area (Å²) in [5.74, 6) is 5.31. The molecule has 0 amide bonds. The summed E-state index contributed by atoms with van der Waals surface area (Å²) in [5.41, 5.74) is -0.743. The summed E-state index contributed by atoms with van der Waals surface area (Å²) in [6.07, 6.45) is 0.659. The Kier molecular flexibility index (Phi) is 7.14. The van der Waals surface area contributed by atoms with Crippen molar-refractivity contribution in [2.45, 2.75) is 38.7 Å². The van der Waals surface area contributed by atoms with Crippen LogP contribution in [-0.4, -0.2) is 24.0 Å². The van der Waals surface area contributed by atoms with Crippen molar-refractivity contribution in [2.24, 2.45) is 5.41 Å². The van der Waals surface area contributed by atoms with Crippen LogP contribution in [-0.2, 0) is 19.9 Å². The van der Waals surface area contributed by atoms with E-state index in [4.69, 9.17) is 0 Å². The molecule has 0 aliphatic rings. The highest BCUT2D eigenvalue weighted by Crippen LogP contribution is 2.29. The van der Waals surface area contributed by atoms with Gasteiger partial charge in [-0.15, -0.1) is 0 Å². The number of carbonyl (C=O) groups excluding carboxylic acids is 2. The summed E-state index contributed by atoms with van der Waals surface area (Å²) >= 11 is 0. The van der Waals surface area contributed by atoms with E-state index < -0.39 is 17.0 Å². The fraction of sp³-hybridized carbons (Fsp3) is 0.333. The topological polar surface area (TPSA) is 63.6 Å². The molecule has 0 aliphatic heterocycles. The summed E-state index contributed by atoms with van der Waals surface area (Å²) in [7, 11) is 1.27. The van der Waals surface area contributed by atoms with Gasteiger partial charge in [0, 0.05) is 23.0 Å². The van der Waals surface area contributed by atoms with Gasteiger partial charge in [-0.3, -0.25) is 9.59 Å². The van der Waals surface area contributed by atoms with E-state index in [9.17, 15) is 14.7 Å². The molecule has 0 radical (unpaired) electrons. The minimum Gasteiger partial charge on any atom is -0.469 e. The molecule has 1 N–H and O–H groups in total. The van der Waals surface area contributed by atoms with Gasteiger partial charge in [-0.2, -0.15) is 0 Å². The predicted octanol–water partition coefficient (Wildman–Crippen LogP) is 3.86. The van der Waals surface area contributed by atoms with E-state index in [-0.39, 0.29) is 12.2 Å². The highest BCUT2D eigenvalue weighted by atomic mass is 16.5. The highest BCUT2D eigenvalue weighted by molar-refractivity contribution is 5.98. The van der Waals surface area contributed by atoms with Gasteiger partial charge in [-0.05, 0) is 6.42 Å². The molecule has 2 aromatic carbocycles.